The number of carboxylic acid groups (broad SMARTS) is 1. The third kappa shape index (κ3) is 6.21. The van der Waals surface area contributed by atoms with Gasteiger partial charge < -0.3 is 10.4 Å². The molecule has 0 radical (unpaired) electrons. The molecule has 0 rings (SSSR count). The predicted octanol–water partition coefficient (Wildman–Crippen LogP) is 0.700. The average molecular weight is 203 g/mol. The largest absolute Gasteiger partial charge is 0.481 e. The first-order valence-electron chi connectivity index (χ1n) is 3.78. The molecule has 0 fully saturated rings. The maximum atomic E-state index is 10.9. The van der Waals surface area contributed by atoms with Gasteiger partial charge in [-0.2, -0.15) is 0 Å². The van der Waals surface area contributed by atoms with Gasteiger partial charge >= 0.3 is 5.97 Å². The van der Waals surface area contributed by atoms with E-state index in [1.807, 2.05) is 6.26 Å². The highest BCUT2D eigenvalue weighted by Gasteiger charge is 2.10. The Morgan fingerprint density at radius 3 is 2.69 bits per heavy atom. The van der Waals surface area contributed by atoms with Crippen LogP contribution in [0.25, 0.3) is 0 Å². The van der Waals surface area contributed by atoms with Crippen LogP contribution in [0.3, 0.4) is 0 Å². The highest BCUT2D eigenvalue weighted by molar-refractivity contribution is 8.01. The van der Waals surface area contributed by atoms with Crippen molar-refractivity contribution in [3.05, 3.63) is 11.5 Å². The zero-order valence-corrected chi connectivity index (χ0v) is 8.43. The van der Waals surface area contributed by atoms with Crippen molar-refractivity contribution in [2.24, 2.45) is 5.92 Å². The van der Waals surface area contributed by atoms with Gasteiger partial charge in [-0.05, 0) is 11.7 Å². The lowest BCUT2D eigenvalue weighted by molar-refractivity contribution is -0.141. The fourth-order valence-electron chi connectivity index (χ4n) is 0.530. The molecule has 13 heavy (non-hydrogen) atoms. The zero-order valence-electron chi connectivity index (χ0n) is 7.61. The Bertz CT molecular complexity index is 215. The van der Waals surface area contributed by atoms with E-state index in [9.17, 15) is 9.59 Å². The topological polar surface area (TPSA) is 66.4 Å². The molecule has 0 aromatic carbocycles. The van der Waals surface area contributed by atoms with Crippen molar-refractivity contribution in [1.82, 2.24) is 5.32 Å². The second-order valence-electron chi connectivity index (χ2n) is 2.52. The Balaban J connectivity index is 3.70. The molecule has 0 aliphatic heterocycles. The highest BCUT2D eigenvalue weighted by atomic mass is 32.2. The van der Waals surface area contributed by atoms with Gasteiger partial charge in [-0.15, -0.1) is 11.8 Å². The molecule has 1 amide bonds. The van der Waals surface area contributed by atoms with Crippen molar-refractivity contribution in [2.75, 3.05) is 12.8 Å². The van der Waals surface area contributed by atoms with Gasteiger partial charge in [-0.25, -0.2) is 0 Å². The molecule has 0 aromatic heterocycles. The number of hydrogen-bond donors (Lipinski definition) is 2. The van der Waals surface area contributed by atoms with Crippen molar-refractivity contribution >= 4 is 23.6 Å². The first-order chi connectivity index (χ1) is 6.07. The number of thioether (sulfide) groups is 1. The second kappa shape index (κ2) is 6.54. The van der Waals surface area contributed by atoms with Gasteiger partial charge in [0.1, 0.15) is 0 Å². The third-order valence-electron chi connectivity index (χ3n) is 1.36. The highest BCUT2D eigenvalue weighted by Crippen LogP contribution is 1.94. The second-order valence-corrected chi connectivity index (χ2v) is 3.27. The molecular weight excluding hydrogens is 190 g/mol. The molecule has 0 heterocycles. The summed E-state index contributed by atoms with van der Waals surface area (Å²) in [7, 11) is 0. The molecule has 4 nitrogen and oxygen atoms in total. The molecule has 0 spiro atoms. The van der Waals surface area contributed by atoms with E-state index in [2.05, 4.69) is 5.32 Å². The monoisotopic (exact) mass is 203 g/mol. The summed E-state index contributed by atoms with van der Waals surface area (Å²) in [5.74, 6) is -1.72. The van der Waals surface area contributed by atoms with Crippen molar-refractivity contribution in [3.8, 4) is 0 Å². The summed E-state index contributed by atoms with van der Waals surface area (Å²) in [6, 6.07) is 0. The normalized spacial score (nSPS) is 12.8. The van der Waals surface area contributed by atoms with Crippen LogP contribution in [0.1, 0.15) is 6.92 Å². The molecule has 0 aliphatic carbocycles. The number of rotatable bonds is 5. The molecule has 5 heteroatoms. The summed E-state index contributed by atoms with van der Waals surface area (Å²) in [6.07, 6.45) is 3.21. The van der Waals surface area contributed by atoms with Crippen LogP contribution in [0.5, 0.6) is 0 Å². The van der Waals surface area contributed by atoms with Gasteiger partial charge in [-0.1, -0.05) is 6.92 Å². The Labute approximate surface area is 81.4 Å². The van der Waals surface area contributed by atoms with E-state index in [0.29, 0.717) is 0 Å². The first kappa shape index (κ1) is 12.0. The lowest BCUT2D eigenvalue weighted by Gasteiger charge is -2.05. The zero-order chi connectivity index (χ0) is 10.3. The third-order valence-corrected chi connectivity index (χ3v) is 1.77. The van der Waals surface area contributed by atoms with Crippen LogP contribution in [-0.4, -0.2) is 29.8 Å². The summed E-state index contributed by atoms with van der Waals surface area (Å²) < 4.78 is 0. The minimum absolute atomic E-state index is 0.160. The van der Waals surface area contributed by atoms with Gasteiger partial charge in [0.25, 0.3) is 0 Å². The SMILES string of the molecule is CS/C=C/C(=O)NCC(C)C(=O)O. The molecule has 1 unspecified atom stereocenters. The number of carboxylic acids is 1. The van der Waals surface area contributed by atoms with Crippen LogP contribution in [0, 0.1) is 5.92 Å². The molecule has 0 aliphatic rings. The Morgan fingerprint density at radius 1 is 1.62 bits per heavy atom. The smallest absolute Gasteiger partial charge is 0.308 e. The molecule has 74 valence electrons. The first-order valence-corrected chi connectivity index (χ1v) is 5.06. The Hall–Kier alpha value is -0.970. The van der Waals surface area contributed by atoms with Crippen LogP contribution in [0.15, 0.2) is 11.5 Å². The quantitative estimate of drug-likeness (QED) is 0.645. The summed E-state index contributed by atoms with van der Waals surface area (Å²) in [4.78, 5) is 21.3. The molecule has 1 atom stereocenters. The van der Waals surface area contributed by atoms with Gasteiger partial charge in [0.15, 0.2) is 0 Å². The van der Waals surface area contributed by atoms with Crippen LogP contribution < -0.4 is 5.32 Å². The van der Waals surface area contributed by atoms with Crippen molar-refractivity contribution in [1.29, 1.82) is 0 Å². The fourth-order valence-corrected chi connectivity index (χ4v) is 0.789. The number of hydrogen-bond acceptors (Lipinski definition) is 3. The maximum absolute atomic E-state index is 10.9. The number of carbonyl (C=O) groups is 2. The van der Waals surface area contributed by atoms with Gasteiger partial charge in [0.2, 0.25) is 5.91 Å². The molecular formula is C8H13NO3S. The molecule has 0 bridgehead atoms. The summed E-state index contributed by atoms with van der Waals surface area (Å²) >= 11 is 1.41. The number of carbonyl (C=O) groups excluding carboxylic acids is 1. The van der Waals surface area contributed by atoms with Crippen LogP contribution in [0.2, 0.25) is 0 Å². The van der Waals surface area contributed by atoms with Crippen molar-refractivity contribution in [2.45, 2.75) is 6.92 Å². The molecule has 2 N–H and O–H groups in total. The number of nitrogens with one attached hydrogen (secondary N) is 1. The van der Waals surface area contributed by atoms with Gasteiger partial charge in [0, 0.05) is 12.6 Å². The summed E-state index contributed by atoms with van der Waals surface area (Å²) in [5.41, 5.74) is 0. The van der Waals surface area contributed by atoms with Crippen LogP contribution in [-0.2, 0) is 9.59 Å². The summed E-state index contributed by atoms with van der Waals surface area (Å²) in [6.45, 7) is 1.70. The molecule has 0 aromatic rings. The predicted molar refractivity (Wildman–Crippen MR) is 52.5 cm³/mol. The number of amides is 1. The van der Waals surface area contributed by atoms with Gasteiger partial charge in [-0.3, -0.25) is 9.59 Å². The van der Waals surface area contributed by atoms with E-state index in [-0.39, 0.29) is 12.5 Å². The van der Waals surface area contributed by atoms with Crippen LogP contribution >= 0.6 is 11.8 Å². The Kier molecular flexibility index (Phi) is 6.05. The number of aliphatic carboxylic acids is 1. The van der Waals surface area contributed by atoms with Crippen molar-refractivity contribution in [3.63, 3.8) is 0 Å². The van der Waals surface area contributed by atoms with E-state index >= 15 is 0 Å². The lowest BCUT2D eigenvalue weighted by Crippen LogP contribution is -2.30. The Morgan fingerprint density at radius 2 is 2.23 bits per heavy atom. The van der Waals surface area contributed by atoms with E-state index < -0.39 is 11.9 Å². The van der Waals surface area contributed by atoms with Gasteiger partial charge in [0.05, 0.1) is 5.92 Å². The van der Waals surface area contributed by atoms with Crippen LogP contribution in [0.4, 0.5) is 0 Å². The van der Waals surface area contributed by atoms with E-state index in [0.717, 1.165) is 0 Å². The fraction of sp³-hybridized carbons (Fsp3) is 0.500. The van der Waals surface area contributed by atoms with Crippen molar-refractivity contribution < 1.29 is 14.7 Å². The molecule has 0 saturated carbocycles. The summed E-state index contributed by atoms with van der Waals surface area (Å²) in [5, 5.41) is 12.6. The minimum Gasteiger partial charge on any atom is -0.481 e. The van der Waals surface area contributed by atoms with E-state index in [4.69, 9.17) is 5.11 Å². The maximum Gasteiger partial charge on any atom is 0.308 e. The van der Waals surface area contributed by atoms with E-state index in [1.54, 1.807) is 12.3 Å². The van der Waals surface area contributed by atoms with E-state index in [1.165, 1.54) is 17.8 Å². The average Bonchev–Trinajstić information content (AvgIpc) is 2.10. The standard InChI is InChI=1S/C8H13NO3S/c1-6(8(11)12)5-9-7(10)3-4-13-2/h3-4,6H,5H2,1-2H3,(H,9,10)(H,11,12)/b4-3+. The minimum atomic E-state index is -0.908. The lowest BCUT2D eigenvalue weighted by atomic mass is 10.2. The molecule has 0 saturated heterocycles.